The Balaban J connectivity index is 2.02. The summed E-state index contributed by atoms with van der Waals surface area (Å²) in [6.07, 6.45) is 1.25. The van der Waals surface area contributed by atoms with Crippen molar-refractivity contribution in [3.05, 3.63) is 52.5 Å². The first-order valence-corrected chi connectivity index (χ1v) is 9.44. The zero-order valence-electron chi connectivity index (χ0n) is 17.2. The fraction of sp³-hybridized carbons (Fsp3) is 0.263. The average molecular weight is 441 g/mol. The summed E-state index contributed by atoms with van der Waals surface area (Å²) in [4.78, 5) is 41.3. The molecule has 166 valence electrons. The van der Waals surface area contributed by atoms with E-state index < -0.39 is 29.7 Å². The number of carbonyl (C=O) groups excluding carboxylic acids is 3. The number of nitrogens with zero attached hydrogens (tertiary/aromatic N) is 4. The van der Waals surface area contributed by atoms with E-state index >= 15 is 0 Å². The SMILES string of the molecule is COc1cc(C(c2n(-c3ncn[nH]3)c(C)c(C)[n+]2[O-])C2C(=O)NC(=O)NC2=O)ccc1O. The van der Waals surface area contributed by atoms with Gasteiger partial charge < -0.3 is 15.1 Å². The van der Waals surface area contributed by atoms with Gasteiger partial charge in [-0.1, -0.05) is 6.07 Å². The molecule has 32 heavy (non-hydrogen) atoms. The molecule has 0 bridgehead atoms. The number of rotatable bonds is 5. The molecule has 0 spiro atoms. The molecule has 1 aliphatic rings. The standard InChI is InChI=1S/C19H19N7O6/c1-8-9(2)26(31)17(25(8)18-20-7-21-24-18)13(10-4-5-11(27)12(6-10)32-3)14-15(28)22-19(30)23-16(14)29/h4-7,13-14,27H,1-3H3,(H,20,21,24)(H2,22,23,28,29,30). The average Bonchev–Trinajstić information content (AvgIpc) is 3.34. The molecule has 1 saturated heterocycles. The number of hydrogen-bond donors (Lipinski definition) is 4. The minimum absolute atomic E-state index is 0.0193. The molecule has 4 amide bonds. The number of aromatic nitrogens is 5. The van der Waals surface area contributed by atoms with Crippen molar-refractivity contribution in [3.63, 3.8) is 0 Å². The van der Waals surface area contributed by atoms with Crippen LogP contribution in [0.5, 0.6) is 11.5 Å². The molecule has 1 atom stereocenters. The van der Waals surface area contributed by atoms with Crippen LogP contribution in [0.1, 0.15) is 28.7 Å². The van der Waals surface area contributed by atoms with E-state index in [2.05, 4.69) is 25.8 Å². The lowest BCUT2D eigenvalue weighted by molar-refractivity contribution is -0.621. The molecular weight excluding hydrogens is 422 g/mol. The summed E-state index contributed by atoms with van der Waals surface area (Å²) in [5.74, 6) is -4.36. The predicted molar refractivity (Wildman–Crippen MR) is 106 cm³/mol. The Hall–Kier alpha value is -4.42. The maximum Gasteiger partial charge on any atom is 0.328 e. The molecule has 1 aliphatic heterocycles. The Morgan fingerprint density at radius 3 is 2.50 bits per heavy atom. The van der Waals surface area contributed by atoms with E-state index in [0.717, 1.165) is 0 Å². The molecule has 1 fully saturated rings. The van der Waals surface area contributed by atoms with Crippen LogP contribution in [0.2, 0.25) is 0 Å². The summed E-state index contributed by atoms with van der Waals surface area (Å²) in [6, 6.07) is 3.24. The number of amides is 4. The number of H-pyrrole nitrogens is 1. The highest BCUT2D eigenvalue weighted by Gasteiger charge is 2.48. The molecule has 13 heteroatoms. The largest absolute Gasteiger partial charge is 0.711 e. The van der Waals surface area contributed by atoms with Crippen molar-refractivity contribution in [1.82, 2.24) is 30.4 Å². The number of aromatic hydroxyl groups is 1. The molecule has 1 unspecified atom stereocenters. The van der Waals surface area contributed by atoms with Gasteiger partial charge in [-0.3, -0.25) is 20.2 Å². The summed E-state index contributed by atoms with van der Waals surface area (Å²) < 4.78 is 7.22. The molecule has 2 aromatic heterocycles. The van der Waals surface area contributed by atoms with Crippen molar-refractivity contribution in [2.75, 3.05) is 7.11 Å². The molecule has 0 radical (unpaired) electrons. The summed E-state index contributed by atoms with van der Waals surface area (Å²) >= 11 is 0. The summed E-state index contributed by atoms with van der Waals surface area (Å²) in [7, 11) is 1.34. The minimum atomic E-state index is -1.49. The molecule has 3 heterocycles. The number of methoxy groups -OCH3 is 1. The first kappa shape index (κ1) is 20.8. The first-order chi connectivity index (χ1) is 15.2. The maximum atomic E-state index is 13.3. The number of barbiturate groups is 1. The van der Waals surface area contributed by atoms with Gasteiger partial charge in [-0.25, -0.2) is 14.6 Å². The lowest BCUT2D eigenvalue weighted by atomic mass is 9.82. The highest BCUT2D eigenvalue weighted by Crippen LogP contribution is 2.38. The molecule has 13 nitrogen and oxygen atoms in total. The quantitative estimate of drug-likeness (QED) is 0.236. The number of carbonyl (C=O) groups is 3. The summed E-state index contributed by atoms with van der Waals surface area (Å²) in [5, 5.41) is 33.9. The fourth-order valence-corrected chi connectivity index (χ4v) is 3.79. The van der Waals surface area contributed by atoms with Crippen LogP contribution in [0.4, 0.5) is 4.79 Å². The molecule has 3 aromatic rings. The van der Waals surface area contributed by atoms with E-state index in [0.29, 0.717) is 21.7 Å². The molecule has 0 saturated carbocycles. The van der Waals surface area contributed by atoms with Gasteiger partial charge in [0.25, 0.3) is 5.82 Å². The number of phenolic OH excluding ortho intramolecular Hbond substituents is 1. The van der Waals surface area contributed by atoms with Crippen LogP contribution in [-0.2, 0) is 9.59 Å². The lowest BCUT2D eigenvalue weighted by Crippen LogP contribution is -2.58. The van der Waals surface area contributed by atoms with Gasteiger partial charge in [0.1, 0.15) is 23.9 Å². The normalized spacial score (nSPS) is 15.4. The van der Waals surface area contributed by atoms with Gasteiger partial charge in [0.2, 0.25) is 11.8 Å². The molecular formula is C19H19N7O6. The maximum absolute atomic E-state index is 13.3. The van der Waals surface area contributed by atoms with Crippen molar-refractivity contribution < 1.29 is 29.0 Å². The number of urea groups is 1. The third-order valence-electron chi connectivity index (χ3n) is 5.43. The molecule has 4 rings (SSSR count). The van der Waals surface area contributed by atoms with Crippen molar-refractivity contribution in [1.29, 1.82) is 0 Å². The number of nitrogens with one attached hydrogen (secondary N) is 3. The van der Waals surface area contributed by atoms with Crippen molar-refractivity contribution in [2.45, 2.75) is 19.8 Å². The van der Waals surface area contributed by atoms with Gasteiger partial charge in [0, 0.05) is 13.8 Å². The second-order valence-corrected chi connectivity index (χ2v) is 7.16. The van der Waals surface area contributed by atoms with Gasteiger partial charge in [-0.2, -0.15) is 14.6 Å². The van der Waals surface area contributed by atoms with Crippen LogP contribution < -0.4 is 20.1 Å². The van der Waals surface area contributed by atoms with Gasteiger partial charge in [-0.15, -0.1) is 0 Å². The van der Waals surface area contributed by atoms with E-state index in [1.807, 2.05) is 0 Å². The van der Waals surface area contributed by atoms with E-state index in [1.165, 1.54) is 36.2 Å². The predicted octanol–water partition coefficient (Wildman–Crippen LogP) is -0.326. The van der Waals surface area contributed by atoms with E-state index in [9.17, 15) is 24.7 Å². The number of benzene rings is 1. The molecule has 1 aromatic carbocycles. The van der Waals surface area contributed by atoms with Crippen LogP contribution in [0.25, 0.3) is 5.95 Å². The number of imidazole rings is 1. The highest BCUT2D eigenvalue weighted by molar-refractivity contribution is 6.16. The topological polar surface area (TPSA) is 178 Å². The van der Waals surface area contributed by atoms with E-state index in [-0.39, 0.29) is 23.3 Å². The molecule has 0 aliphatic carbocycles. The van der Waals surface area contributed by atoms with Gasteiger partial charge >= 0.3 is 12.0 Å². The third kappa shape index (κ3) is 3.19. The van der Waals surface area contributed by atoms with Crippen LogP contribution >= 0.6 is 0 Å². The number of phenols is 1. The van der Waals surface area contributed by atoms with Crippen LogP contribution in [-0.4, -0.2) is 49.8 Å². The monoisotopic (exact) mass is 441 g/mol. The number of ether oxygens (including phenoxy) is 1. The number of aromatic amines is 1. The van der Waals surface area contributed by atoms with E-state index in [1.54, 1.807) is 13.8 Å². The first-order valence-electron chi connectivity index (χ1n) is 9.44. The Morgan fingerprint density at radius 2 is 1.91 bits per heavy atom. The van der Waals surface area contributed by atoms with Crippen LogP contribution in [0.15, 0.2) is 24.5 Å². The van der Waals surface area contributed by atoms with Crippen molar-refractivity contribution in [2.24, 2.45) is 5.92 Å². The van der Waals surface area contributed by atoms with Crippen molar-refractivity contribution in [3.8, 4) is 17.4 Å². The van der Waals surface area contributed by atoms with Crippen LogP contribution in [0.3, 0.4) is 0 Å². The smallest absolute Gasteiger partial charge is 0.328 e. The Kier molecular flexibility index (Phi) is 5.00. The van der Waals surface area contributed by atoms with Gasteiger partial charge in [0.15, 0.2) is 17.2 Å². The highest BCUT2D eigenvalue weighted by atomic mass is 16.5. The van der Waals surface area contributed by atoms with Gasteiger partial charge in [0.05, 0.1) is 7.11 Å². The number of hydrogen-bond acceptors (Lipinski definition) is 8. The number of imide groups is 2. The Morgan fingerprint density at radius 1 is 1.22 bits per heavy atom. The molecule has 4 N–H and O–H groups in total. The zero-order chi connectivity index (χ0) is 23.2. The summed E-state index contributed by atoms with van der Waals surface area (Å²) in [5.41, 5.74) is 1.11. The zero-order valence-corrected chi connectivity index (χ0v) is 17.2. The second kappa shape index (κ2) is 7.68. The second-order valence-electron chi connectivity index (χ2n) is 7.16. The summed E-state index contributed by atoms with van der Waals surface area (Å²) in [6.45, 7) is 3.26. The van der Waals surface area contributed by atoms with E-state index in [4.69, 9.17) is 4.74 Å². The van der Waals surface area contributed by atoms with Crippen LogP contribution in [0, 0.1) is 25.0 Å². The third-order valence-corrected chi connectivity index (χ3v) is 5.43. The lowest BCUT2D eigenvalue weighted by Gasteiger charge is -2.27. The van der Waals surface area contributed by atoms with Gasteiger partial charge in [-0.05, 0) is 17.7 Å². The Labute approximate surface area is 180 Å². The minimum Gasteiger partial charge on any atom is -0.711 e. The van der Waals surface area contributed by atoms with Crippen molar-refractivity contribution >= 4 is 17.8 Å². The fourth-order valence-electron chi connectivity index (χ4n) is 3.79. The Bertz CT molecular complexity index is 1210.